The molecule has 1 aliphatic heterocycles. The molecule has 0 saturated heterocycles. The SMILES string of the molecule is CCc1ccc(S(=O)(=O)N2CCc3cc4cc(C)c(=O)[nH]c4cc3C2)cc1. The summed E-state index contributed by atoms with van der Waals surface area (Å²) in [6, 6.07) is 13.0. The number of hydrogen-bond donors (Lipinski definition) is 1. The molecule has 140 valence electrons. The highest BCUT2D eigenvalue weighted by molar-refractivity contribution is 7.89. The summed E-state index contributed by atoms with van der Waals surface area (Å²) in [4.78, 5) is 15.1. The molecule has 0 spiro atoms. The summed E-state index contributed by atoms with van der Waals surface area (Å²) < 4.78 is 27.6. The van der Waals surface area contributed by atoms with Crippen LogP contribution in [0.3, 0.4) is 0 Å². The van der Waals surface area contributed by atoms with Gasteiger partial charge in [0.05, 0.1) is 4.90 Å². The first-order valence-corrected chi connectivity index (χ1v) is 10.6. The van der Waals surface area contributed by atoms with E-state index in [1.165, 1.54) is 4.31 Å². The van der Waals surface area contributed by atoms with Crippen molar-refractivity contribution in [1.82, 2.24) is 9.29 Å². The Labute approximate surface area is 158 Å². The van der Waals surface area contributed by atoms with Crippen molar-refractivity contribution in [2.75, 3.05) is 6.54 Å². The lowest BCUT2D eigenvalue weighted by Crippen LogP contribution is -2.36. The van der Waals surface area contributed by atoms with Gasteiger partial charge in [-0.15, -0.1) is 0 Å². The molecule has 0 aliphatic carbocycles. The normalized spacial score (nSPS) is 15.0. The lowest BCUT2D eigenvalue weighted by molar-refractivity contribution is 0.391. The van der Waals surface area contributed by atoms with Crippen molar-refractivity contribution in [2.24, 2.45) is 0 Å². The third-order valence-corrected chi connectivity index (χ3v) is 7.16. The maximum Gasteiger partial charge on any atom is 0.251 e. The standard InChI is InChI=1S/C21H22N2O3S/c1-3-15-4-6-19(7-5-15)27(25,26)23-9-8-16-11-17-10-14(2)21(24)22-20(17)12-18(16)13-23/h4-7,10-12H,3,8-9,13H2,1-2H3,(H,22,24). The van der Waals surface area contributed by atoms with Crippen molar-refractivity contribution in [3.05, 3.63) is 75.1 Å². The van der Waals surface area contributed by atoms with E-state index in [0.29, 0.717) is 30.0 Å². The molecular formula is C21H22N2O3S. The number of fused-ring (bicyclic) bond motifs is 2. The van der Waals surface area contributed by atoms with Gasteiger partial charge in [-0.2, -0.15) is 4.31 Å². The number of nitrogens with zero attached hydrogens (tertiary/aromatic N) is 1. The highest BCUT2D eigenvalue weighted by Crippen LogP contribution is 2.28. The fourth-order valence-corrected chi connectivity index (χ4v) is 5.02. The van der Waals surface area contributed by atoms with Crippen LogP contribution in [0.1, 0.15) is 29.2 Å². The molecule has 0 bridgehead atoms. The lowest BCUT2D eigenvalue weighted by atomic mass is 9.98. The Hall–Kier alpha value is -2.44. The van der Waals surface area contributed by atoms with E-state index in [1.807, 2.05) is 31.2 Å². The van der Waals surface area contributed by atoms with Crippen molar-refractivity contribution in [2.45, 2.75) is 38.1 Å². The van der Waals surface area contributed by atoms with Gasteiger partial charge in [0.2, 0.25) is 10.0 Å². The summed E-state index contributed by atoms with van der Waals surface area (Å²) in [6.07, 6.45) is 1.54. The summed E-state index contributed by atoms with van der Waals surface area (Å²) in [5, 5.41) is 0.984. The number of aryl methyl sites for hydroxylation is 2. The van der Waals surface area contributed by atoms with Gasteiger partial charge in [-0.1, -0.05) is 19.1 Å². The molecule has 4 rings (SSSR count). The number of sulfonamides is 1. The monoisotopic (exact) mass is 382 g/mol. The molecule has 1 aliphatic rings. The van der Waals surface area contributed by atoms with Gasteiger partial charge in [-0.05, 0) is 72.2 Å². The first kappa shape index (κ1) is 17.9. The molecule has 2 aromatic carbocycles. The molecule has 1 N–H and O–H groups in total. The van der Waals surface area contributed by atoms with Crippen LogP contribution in [0.5, 0.6) is 0 Å². The summed E-state index contributed by atoms with van der Waals surface area (Å²) in [6.45, 7) is 4.61. The van der Waals surface area contributed by atoms with Gasteiger partial charge in [-0.3, -0.25) is 4.79 Å². The average Bonchev–Trinajstić information content (AvgIpc) is 2.67. The second kappa shape index (κ2) is 6.62. The van der Waals surface area contributed by atoms with E-state index >= 15 is 0 Å². The second-order valence-electron chi connectivity index (χ2n) is 7.08. The largest absolute Gasteiger partial charge is 0.322 e. The number of benzene rings is 2. The van der Waals surface area contributed by atoms with Crippen molar-refractivity contribution >= 4 is 20.9 Å². The Morgan fingerprint density at radius 2 is 1.81 bits per heavy atom. The molecule has 6 heteroatoms. The first-order valence-electron chi connectivity index (χ1n) is 9.13. The third kappa shape index (κ3) is 3.19. The first-order chi connectivity index (χ1) is 12.9. The van der Waals surface area contributed by atoms with Crippen LogP contribution in [0, 0.1) is 6.92 Å². The number of hydrogen-bond acceptors (Lipinski definition) is 3. The molecule has 0 radical (unpaired) electrons. The van der Waals surface area contributed by atoms with Gasteiger partial charge < -0.3 is 4.98 Å². The van der Waals surface area contributed by atoms with Crippen molar-refractivity contribution in [3.63, 3.8) is 0 Å². The quantitative estimate of drug-likeness (QED) is 0.756. The van der Waals surface area contributed by atoms with Crippen LogP contribution in [-0.4, -0.2) is 24.3 Å². The van der Waals surface area contributed by atoms with Crippen LogP contribution in [0.25, 0.3) is 10.9 Å². The van der Waals surface area contributed by atoms with E-state index in [-0.39, 0.29) is 5.56 Å². The number of nitrogens with one attached hydrogen (secondary N) is 1. The molecule has 0 amide bonds. The molecule has 2 heterocycles. The summed E-state index contributed by atoms with van der Waals surface area (Å²) in [7, 11) is -3.54. The number of aromatic amines is 1. The molecule has 0 atom stereocenters. The van der Waals surface area contributed by atoms with E-state index in [0.717, 1.165) is 34.0 Å². The zero-order valence-electron chi connectivity index (χ0n) is 15.5. The maximum absolute atomic E-state index is 13.0. The van der Waals surface area contributed by atoms with Gasteiger partial charge in [0.25, 0.3) is 5.56 Å². The van der Waals surface area contributed by atoms with Crippen LogP contribution in [-0.2, 0) is 29.4 Å². The summed E-state index contributed by atoms with van der Waals surface area (Å²) in [5.74, 6) is 0. The number of rotatable bonds is 3. The number of pyridine rings is 1. The number of H-pyrrole nitrogens is 1. The lowest BCUT2D eigenvalue weighted by Gasteiger charge is -2.28. The van der Waals surface area contributed by atoms with Crippen LogP contribution >= 0.6 is 0 Å². The van der Waals surface area contributed by atoms with Crippen molar-refractivity contribution < 1.29 is 8.42 Å². The predicted molar refractivity (Wildman–Crippen MR) is 106 cm³/mol. The van der Waals surface area contributed by atoms with E-state index in [1.54, 1.807) is 19.1 Å². The van der Waals surface area contributed by atoms with E-state index in [9.17, 15) is 13.2 Å². The fraction of sp³-hybridized carbons (Fsp3) is 0.286. The molecule has 0 fully saturated rings. The Morgan fingerprint density at radius 3 is 2.52 bits per heavy atom. The Morgan fingerprint density at radius 1 is 1.07 bits per heavy atom. The molecular weight excluding hydrogens is 360 g/mol. The molecule has 0 saturated carbocycles. The number of aromatic nitrogens is 1. The Kier molecular flexibility index (Phi) is 4.40. The van der Waals surface area contributed by atoms with Gasteiger partial charge in [0, 0.05) is 24.2 Å². The third-order valence-electron chi connectivity index (χ3n) is 5.30. The molecule has 27 heavy (non-hydrogen) atoms. The van der Waals surface area contributed by atoms with E-state index in [4.69, 9.17) is 0 Å². The van der Waals surface area contributed by atoms with Crippen LogP contribution < -0.4 is 5.56 Å². The van der Waals surface area contributed by atoms with Gasteiger partial charge in [0.15, 0.2) is 0 Å². The minimum Gasteiger partial charge on any atom is -0.322 e. The Bertz CT molecular complexity index is 1180. The highest BCUT2D eigenvalue weighted by Gasteiger charge is 2.28. The van der Waals surface area contributed by atoms with Gasteiger partial charge >= 0.3 is 0 Å². The minimum atomic E-state index is -3.54. The van der Waals surface area contributed by atoms with Crippen molar-refractivity contribution in [3.8, 4) is 0 Å². The highest BCUT2D eigenvalue weighted by atomic mass is 32.2. The molecule has 0 unspecified atom stereocenters. The predicted octanol–water partition coefficient (Wildman–Crippen LogP) is 3.15. The van der Waals surface area contributed by atoms with Gasteiger partial charge in [0.1, 0.15) is 0 Å². The van der Waals surface area contributed by atoms with E-state index in [2.05, 4.69) is 11.1 Å². The molecule has 5 nitrogen and oxygen atoms in total. The topological polar surface area (TPSA) is 70.2 Å². The fourth-order valence-electron chi connectivity index (χ4n) is 3.60. The maximum atomic E-state index is 13.0. The summed E-state index contributed by atoms with van der Waals surface area (Å²) in [5.41, 5.74) is 4.51. The molecule has 3 aromatic rings. The van der Waals surface area contributed by atoms with Crippen LogP contribution in [0.4, 0.5) is 0 Å². The van der Waals surface area contributed by atoms with Crippen LogP contribution in [0.2, 0.25) is 0 Å². The van der Waals surface area contributed by atoms with Crippen molar-refractivity contribution in [1.29, 1.82) is 0 Å². The second-order valence-corrected chi connectivity index (χ2v) is 9.01. The molecule has 1 aromatic heterocycles. The Balaban J connectivity index is 1.70. The van der Waals surface area contributed by atoms with E-state index < -0.39 is 10.0 Å². The van der Waals surface area contributed by atoms with Gasteiger partial charge in [-0.25, -0.2) is 8.42 Å². The zero-order valence-corrected chi connectivity index (χ0v) is 16.3. The minimum absolute atomic E-state index is 0.112. The smallest absolute Gasteiger partial charge is 0.251 e. The summed E-state index contributed by atoms with van der Waals surface area (Å²) >= 11 is 0. The van der Waals surface area contributed by atoms with Crippen LogP contribution in [0.15, 0.2) is 52.2 Å². The zero-order chi connectivity index (χ0) is 19.2. The average molecular weight is 382 g/mol.